The third-order valence-corrected chi connectivity index (χ3v) is 5.12. The van der Waals surface area contributed by atoms with Gasteiger partial charge in [-0.25, -0.2) is 9.97 Å². The zero-order valence-corrected chi connectivity index (χ0v) is 16.4. The lowest BCUT2D eigenvalue weighted by atomic mass is 9.96. The Kier molecular flexibility index (Phi) is 6.57. The normalized spacial score (nSPS) is 15.7. The van der Waals surface area contributed by atoms with Gasteiger partial charge in [0.1, 0.15) is 0 Å². The summed E-state index contributed by atoms with van der Waals surface area (Å²) in [4.78, 5) is 35.9. The van der Waals surface area contributed by atoms with Crippen LogP contribution in [0.3, 0.4) is 0 Å². The second kappa shape index (κ2) is 9.30. The molecule has 1 fully saturated rings. The summed E-state index contributed by atoms with van der Waals surface area (Å²) < 4.78 is 0. The molecule has 2 N–H and O–H groups in total. The highest BCUT2D eigenvalue weighted by Crippen LogP contribution is 2.23. The maximum Gasteiger partial charge on any atom is 0.253 e. The number of nitrogens with one attached hydrogen (secondary N) is 2. The van der Waals surface area contributed by atoms with E-state index >= 15 is 0 Å². The molecule has 1 aromatic carbocycles. The number of para-hydroxylation sites is 1. The summed E-state index contributed by atoms with van der Waals surface area (Å²) in [6, 6.07) is 9.02. The van der Waals surface area contributed by atoms with Crippen molar-refractivity contribution in [2.45, 2.75) is 39.2 Å². The van der Waals surface area contributed by atoms with Gasteiger partial charge in [0.2, 0.25) is 11.9 Å². The summed E-state index contributed by atoms with van der Waals surface area (Å²) in [6.07, 6.45) is 5.76. The van der Waals surface area contributed by atoms with E-state index in [1.807, 2.05) is 19.9 Å². The summed E-state index contributed by atoms with van der Waals surface area (Å²) in [6.45, 7) is 5.45. The van der Waals surface area contributed by atoms with Crippen molar-refractivity contribution >= 4 is 23.5 Å². The number of aromatic nitrogens is 2. The van der Waals surface area contributed by atoms with Crippen LogP contribution < -0.4 is 15.5 Å². The van der Waals surface area contributed by atoms with Crippen LogP contribution in [0, 0.1) is 5.92 Å². The number of anilines is 2. The molecule has 28 heavy (non-hydrogen) atoms. The lowest BCUT2D eigenvalue weighted by molar-refractivity contribution is -0.120. The predicted molar refractivity (Wildman–Crippen MR) is 109 cm³/mol. The van der Waals surface area contributed by atoms with Gasteiger partial charge in [-0.05, 0) is 44.4 Å². The largest absolute Gasteiger partial charge is 0.350 e. The van der Waals surface area contributed by atoms with Gasteiger partial charge in [-0.3, -0.25) is 9.59 Å². The van der Waals surface area contributed by atoms with Crippen molar-refractivity contribution in [2.24, 2.45) is 5.92 Å². The average Bonchev–Trinajstić information content (AvgIpc) is 2.74. The Hall–Kier alpha value is -2.96. The third kappa shape index (κ3) is 4.85. The summed E-state index contributed by atoms with van der Waals surface area (Å²) in [5.41, 5.74) is 1.05. The first kappa shape index (κ1) is 19.8. The number of nitrogens with zero attached hydrogens (tertiary/aromatic N) is 3. The van der Waals surface area contributed by atoms with Gasteiger partial charge in [0.15, 0.2) is 0 Å². The van der Waals surface area contributed by atoms with E-state index in [-0.39, 0.29) is 23.8 Å². The maximum atomic E-state index is 12.8. The minimum atomic E-state index is -0.165. The van der Waals surface area contributed by atoms with Crippen LogP contribution in [0.4, 0.5) is 11.6 Å². The second-order valence-electron chi connectivity index (χ2n) is 7.13. The number of carbonyl (C=O) groups is 2. The molecule has 1 saturated heterocycles. The Morgan fingerprint density at radius 2 is 1.82 bits per heavy atom. The van der Waals surface area contributed by atoms with E-state index in [1.165, 1.54) is 0 Å². The molecule has 1 aliphatic heterocycles. The van der Waals surface area contributed by atoms with Gasteiger partial charge in [0.25, 0.3) is 5.91 Å². The quantitative estimate of drug-likeness (QED) is 0.803. The summed E-state index contributed by atoms with van der Waals surface area (Å²) in [5, 5.41) is 5.91. The fourth-order valence-corrected chi connectivity index (χ4v) is 3.22. The van der Waals surface area contributed by atoms with Crippen LogP contribution >= 0.6 is 0 Å². The summed E-state index contributed by atoms with van der Waals surface area (Å²) in [7, 11) is 0. The Balaban J connectivity index is 1.61. The standard InChI is InChI=1S/C21H27N5O2/c1-3-15(2)24-20(28)17-7-4-5-8-18(17)25-19(27)16-9-13-26(14-10-16)21-22-11-6-12-23-21/h4-8,11-12,15-16H,3,9-10,13-14H2,1-2H3,(H,24,28)(H,25,27)/t15-/m1/s1. The first-order chi connectivity index (χ1) is 13.6. The average molecular weight is 381 g/mol. The number of hydrogen-bond donors (Lipinski definition) is 2. The summed E-state index contributed by atoms with van der Waals surface area (Å²) in [5.74, 6) is 0.401. The Labute approximate surface area is 165 Å². The van der Waals surface area contributed by atoms with Crippen LogP contribution in [0.1, 0.15) is 43.5 Å². The second-order valence-corrected chi connectivity index (χ2v) is 7.13. The van der Waals surface area contributed by atoms with Crippen molar-refractivity contribution in [1.82, 2.24) is 15.3 Å². The molecule has 0 unspecified atom stereocenters. The molecule has 0 aliphatic carbocycles. The zero-order chi connectivity index (χ0) is 19.9. The van der Waals surface area contributed by atoms with Gasteiger partial charge in [-0.15, -0.1) is 0 Å². The number of benzene rings is 1. The number of amides is 2. The third-order valence-electron chi connectivity index (χ3n) is 5.12. The topological polar surface area (TPSA) is 87.2 Å². The van der Waals surface area contributed by atoms with E-state index in [4.69, 9.17) is 0 Å². The molecule has 1 aliphatic rings. The Morgan fingerprint density at radius 3 is 2.50 bits per heavy atom. The minimum absolute atomic E-state index is 0.0441. The van der Waals surface area contributed by atoms with Crippen molar-refractivity contribution in [2.75, 3.05) is 23.3 Å². The van der Waals surface area contributed by atoms with E-state index in [2.05, 4.69) is 25.5 Å². The number of rotatable bonds is 6. The Morgan fingerprint density at radius 1 is 1.14 bits per heavy atom. The van der Waals surface area contributed by atoms with Crippen molar-refractivity contribution in [3.05, 3.63) is 48.3 Å². The molecule has 7 heteroatoms. The van der Waals surface area contributed by atoms with Crippen LogP contribution in [0.25, 0.3) is 0 Å². The van der Waals surface area contributed by atoms with Gasteiger partial charge in [-0.2, -0.15) is 0 Å². The fraction of sp³-hybridized carbons (Fsp3) is 0.429. The van der Waals surface area contributed by atoms with Crippen LogP contribution in [0.15, 0.2) is 42.7 Å². The molecule has 0 radical (unpaired) electrons. The molecular formula is C21H27N5O2. The van der Waals surface area contributed by atoms with Crippen molar-refractivity contribution < 1.29 is 9.59 Å². The molecule has 2 heterocycles. The zero-order valence-electron chi connectivity index (χ0n) is 16.4. The van der Waals surface area contributed by atoms with Crippen LogP contribution in [0.5, 0.6) is 0 Å². The van der Waals surface area contributed by atoms with E-state index < -0.39 is 0 Å². The SMILES string of the molecule is CC[C@@H](C)NC(=O)c1ccccc1NC(=O)C1CCN(c2ncccn2)CC1. The van der Waals surface area contributed by atoms with E-state index in [0.717, 1.165) is 32.4 Å². The molecule has 1 atom stereocenters. The number of hydrogen-bond acceptors (Lipinski definition) is 5. The van der Waals surface area contributed by atoms with Gasteiger partial charge in [0.05, 0.1) is 11.3 Å². The van der Waals surface area contributed by atoms with Gasteiger partial charge < -0.3 is 15.5 Å². The van der Waals surface area contributed by atoms with Gasteiger partial charge in [-0.1, -0.05) is 19.1 Å². The molecule has 2 aromatic rings. The van der Waals surface area contributed by atoms with Crippen LogP contribution in [-0.4, -0.2) is 40.9 Å². The van der Waals surface area contributed by atoms with Gasteiger partial charge in [0, 0.05) is 37.4 Å². The highest BCUT2D eigenvalue weighted by molar-refractivity contribution is 6.04. The molecule has 7 nitrogen and oxygen atoms in total. The summed E-state index contributed by atoms with van der Waals surface area (Å²) >= 11 is 0. The lowest BCUT2D eigenvalue weighted by Crippen LogP contribution is -2.39. The molecule has 3 rings (SSSR count). The van der Waals surface area contributed by atoms with E-state index in [0.29, 0.717) is 17.2 Å². The molecular weight excluding hydrogens is 354 g/mol. The van der Waals surface area contributed by atoms with Crippen LogP contribution in [0.2, 0.25) is 0 Å². The van der Waals surface area contributed by atoms with Gasteiger partial charge >= 0.3 is 0 Å². The number of carbonyl (C=O) groups excluding carboxylic acids is 2. The molecule has 1 aromatic heterocycles. The first-order valence-electron chi connectivity index (χ1n) is 9.81. The van der Waals surface area contributed by atoms with Crippen molar-refractivity contribution in [1.29, 1.82) is 0 Å². The molecule has 148 valence electrons. The predicted octanol–water partition coefficient (Wildman–Crippen LogP) is 2.86. The van der Waals surface area contributed by atoms with Crippen molar-refractivity contribution in [3.63, 3.8) is 0 Å². The van der Waals surface area contributed by atoms with Crippen LogP contribution in [-0.2, 0) is 4.79 Å². The fourth-order valence-electron chi connectivity index (χ4n) is 3.22. The molecule has 0 saturated carbocycles. The van der Waals surface area contributed by atoms with Crippen molar-refractivity contribution in [3.8, 4) is 0 Å². The van der Waals surface area contributed by atoms with E-state index in [9.17, 15) is 9.59 Å². The smallest absolute Gasteiger partial charge is 0.253 e. The maximum absolute atomic E-state index is 12.8. The first-order valence-corrected chi connectivity index (χ1v) is 9.81. The molecule has 0 spiro atoms. The Bertz CT molecular complexity index is 803. The highest BCUT2D eigenvalue weighted by atomic mass is 16.2. The highest BCUT2D eigenvalue weighted by Gasteiger charge is 2.27. The number of piperidine rings is 1. The van der Waals surface area contributed by atoms with E-state index in [1.54, 1.807) is 36.7 Å². The lowest BCUT2D eigenvalue weighted by Gasteiger charge is -2.31. The molecule has 2 amide bonds. The molecule has 0 bridgehead atoms. The minimum Gasteiger partial charge on any atom is -0.350 e. The monoisotopic (exact) mass is 381 g/mol.